The highest BCUT2D eigenvalue weighted by Crippen LogP contribution is 2.16. The van der Waals surface area contributed by atoms with Gasteiger partial charge in [0.15, 0.2) is 0 Å². The minimum Gasteiger partial charge on any atom is -0.379 e. The average molecular weight is 429 g/mol. The second kappa shape index (κ2) is 9.82. The van der Waals surface area contributed by atoms with Gasteiger partial charge in [-0.3, -0.25) is 9.69 Å². The molecule has 158 valence electrons. The number of ether oxygens (including phenoxy) is 1. The van der Waals surface area contributed by atoms with Crippen LogP contribution in [0.5, 0.6) is 0 Å². The zero-order valence-electron chi connectivity index (χ0n) is 16.7. The molecule has 1 heterocycles. The van der Waals surface area contributed by atoms with E-state index in [1.54, 1.807) is 6.07 Å². The summed E-state index contributed by atoms with van der Waals surface area (Å²) >= 11 is 0. The summed E-state index contributed by atoms with van der Waals surface area (Å²) in [6.07, 6.45) is 0. The maximum atomic E-state index is 12.6. The summed E-state index contributed by atoms with van der Waals surface area (Å²) in [6.45, 7) is 3.62. The summed E-state index contributed by atoms with van der Waals surface area (Å²) in [4.78, 5) is 14.7. The van der Waals surface area contributed by atoms with Gasteiger partial charge in [-0.25, -0.2) is 8.42 Å². The molecule has 1 N–H and O–H groups in total. The lowest BCUT2D eigenvalue weighted by Crippen LogP contribution is -2.35. The zero-order chi connectivity index (χ0) is 21.6. The Hall–Kier alpha value is -2.77. The van der Waals surface area contributed by atoms with E-state index < -0.39 is 15.9 Å². The van der Waals surface area contributed by atoms with E-state index in [4.69, 9.17) is 10.00 Å². The molecule has 0 saturated carbocycles. The Balaban J connectivity index is 1.60. The van der Waals surface area contributed by atoms with E-state index in [0.717, 1.165) is 42.7 Å². The summed E-state index contributed by atoms with van der Waals surface area (Å²) in [7, 11) is -2.48. The number of likely N-dealkylation sites (N-methyl/N-ethyl adjacent to an activating group) is 1. The summed E-state index contributed by atoms with van der Waals surface area (Å²) in [6, 6.07) is 15.0. The Labute approximate surface area is 176 Å². The number of rotatable bonds is 7. The van der Waals surface area contributed by atoms with Crippen molar-refractivity contribution in [3.63, 3.8) is 0 Å². The minimum atomic E-state index is -3.83. The molecule has 0 spiro atoms. The van der Waals surface area contributed by atoms with Crippen LogP contribution in [0.25, 0.3) is 0 Å². The van der Waals surface area contributed by atoms with E-state index in [2.05, 4.69) is 10.2 Å². The number of sulfonamides is 1. The second-order valence-corrected chi connectivity index (χ2v) is 9.08. The fraction of sp³-hybridized carbons (Fsp3) is 0.333. The van der Waals surface area contributed by atoms with Crippen LogP contribution in [-0.4, -0.2) is 63.4 Å². The zero-order valence-corrected chi connectivity index (χ0v) is 17.6. The molecule has 3 rings (SSSR count). The van der Waals surface area contributed by atoms with Gasteiger partial charge in [-0.05, 0) is 42.0 Å². The first kappa shape index (κ1) is 21.9. The number of carbonyl (C=O) groups excluding carboxylic acids is 1. The third kappa shape index (κ3) is 5.64. The molecule has 0 bridgehead atoms. The van der Waals surface area contributed by atoms with E-state index in [9.17, 15) is 13.2 Å². The number of nitrogens with zero attached hydrogens (tertiary/aromatic N) is 3. The molecule has 1 aliphatic rings. The molecule has 2 aromatic carbocycles. The summed E-state index contributed by atoms with van der Waals surface area (Å²) < 4.78 is 31.6. The van der Waals surface area contributed by atoms with Crippen molar-refractivity contribution in [3.05, 3.63) is 59.7 Å². The van der Waals surface area contributed by atoms with Crippen LogP contribution in [-0.2, 0) is 26.1 Å². The SMILES string of the molecule is CN(CC(=O)Nc1cccc(CN2CCOCC2)c1)S(=O)(=O)c1ccc(C#N)cc1. The van der Waals surface area contributed by atoms with Crippen LogP contribution in [0, 0.1) is 11.3 Å². The number of nitriles is 1. The van der Waals surface area contributed by atoms with Crippen LogP contribution in [0.1, 0.15) is 11.1 Å². The molecule has 0 aromatic heterocycles. The lowest BCUT2D eigenvalue weighted by atomic mass is 10.2. The number of anilines is 1. The van der Waals surface area contributed by atoms with Gasteiger partial charge in [0.05, 0.1) is 36.3 Å². The van der Waals surface area contributed by atoms with Crippen LogP contribution in [0.4, 0.5) is 5.69 Å². The number of benzene rings is 2. The van der Waals surface area contributed by atoms with Crippen molar-refractivity contribution in [2.45, 2.75) is 11.4 Å². The second-order valence-electron chi connectivity index (χ2n) is 7.03. The smallest absolute Gasteiger partial charge is 0.243 e. The number of morpholine rings is 1. The number of amides is 1. The van der Waals surface area contributed by atoms with Gasteiger partial charge in [0.25, 0.3) is 0 Å². The van der Waals surface area contributed by atoms with Gasteiger partial charge >= 0.3 is 0 Å². The van der Waals surface area contributed by atoms with E-state index in [0.29, 0.717) is 11.3 Å². The highest BCUT2D eigenvalue weighted by molar-refractivity contribution is 7.89. The Bertz CT molecular complexity index is 1030. The minimum absolute atomic E-state index is 0.0318. The molecule has 0 aliphatic carbocycles. The molecule has 1 fully saturated rings. The Morgan fingerprint density at radius 1 is 1.20 bits per heavy atom. The third-order valence-electron chi connectivity index (χ3n) is 4.78. The fourth-order valence-corrected chi connectivity index (χ4v) is 4.26. The number of carbonyl (C=O) groups is 1. The van der Waals surface area contributed by atoms with Crippen molar-refractivity contribution in [3.8, 4) is 6.07 Å². The van der Waals surface area contributed by atoms with Gasteiger partial charge in [-0.2, -0.15) is 9.57 Å². The van der Waals surface area contributed by atoms with Gasteiger partial charge in [0, 0.05) is 32.4 Å². The maximum Gasteiger partial charge on any atom is 0.243 e. The maximum absolute atomic E-state index is 12.6. The molecule has 30 heavy (non-hydrogen) atoms. The topological polar surface area (TPSA) is 103 Å². The van der Waals surface area contributed by atoms with Gasteiger partial charge in [-0.1, -0.05) is 12.1 Å². The molecule has 9 heteroatoms. The van der Waals surface area contributed by atoms with Gasteiger partial charge < -0.3 is 10.1 Å². The Morgan fingerprint density at radius 2 is 1.90 bits per heavy atom. The highest BCUT2D eigenvalue weighted by atomic mass is 32.2. The first-order valence-corrected chi connectivity index (χ1v) is 11.0. The molecule has 1 amide bonds. The van der Waals surface area contributed by atoms with Gasteiger partial charge in [0.1, 0.15) is 0 Å². The van der Waals surface area contributed by atoms with E-state index in [1.807, 2.05) is 24.3 Å². The van der Waals surface area contributed by atoms with Crippen molar-refractivity contribution < 1.29 is 17.9 Å². The van der Waals surface area contributed by atoms with Crippen LogP contribution in [0.2, 0.25) is 0 Å². The van der Waals surface area contributed by atoms with E-state index >= 15 is 0 Å². The molecule has 1 aliphatic heterocycles. The monoisotopic (exact) mass is 428 g/mol. The molecule has 2 aromatic rings. The summed E-state index contributed by atoms with van der Waals surface area (Å²) in [5.74, 6) is -0.432. The van der Waals surface area contributed by atoms with Crippen LogP contribution in [0.3, 0.4) is 0 Å². The first-order valence-electron chi connectivity index (χ1n) is 9.54. The lowest BCUT2D eigenvalue weighted by Gasteiger charge is -2.26. The Kier molecular flexibility index (Phi) is 7.18. The number of nitrogens with one attached hydrogen (secondary N) is 1. The van der Waals surface area contributed by atoms with Crippen molar-refractivity contribution in [2.75, 3.05) is 45.2 Å². The predicted octanol–water partition coefficient (Wildman–Crippen LogP) is 1.65. The molecular weight excluding hydrogens is 404 g/mol. The third-order valence-corrected chi connectivity index (χ3v) is 6.60. The van der Waals surface area contributed by atoms with Crippen molar-refractivity contribution in [1.82, 2.24) is 9.21 Å². The van der Waals surface area contributed by atoms with Gasteiger partial charge in [0.2, 0.25) is 15.9 Å². The predicted molar refractivity (Wildman–Crippen MR) is 112 cm³/mol. The lowest BCUT2D eigenvalue weighted by molar-refractivity contribution is -0.116. The normalized spacial score (nSPS) is 15.0. The molecule has 0 atom stereocenters. The quantitative estimate of drug-likeness (QED) is 0.719. The van der Waals surface area contributed by atoms with Crippen molar-refractivity contribution in [1.29, 1.82) is 5.26 Å². The largest absolute Gasteiger partial charge is 0.379 e. The molecule has 1 saturated heterocycles. The van der Waals surface area contributed by atoms with Crippen LogP contribution >= 0.6 is 0 Å². The van der Waals surface area contributed by atoms with Crippen LogP contribution < -0.4 is 5.32 Å². The van der Waals surface area contributed by atoms with E-state index in [1.165, 1.54) is 31.3 Å². The molecule has 8 nitrogen and oxygen atoms in total. The standard InChI is InChI=1S/C21H24N4O4S/c1-24(30(27,28)20-7-5-17(14-22)6-8-20)16-21(26)23-19-4-2-3-18(13-19)15-25-9-11-29-12-10-25/h2-8,13H,9-12,15-16H2,1H3,(H,23,26). The number of hydrogen-bond donors (Lipinski definition) is 1. The summed E-state index contributed by atoms with van der Waals surface area (Å²) in [5, 5.41) is 11.6. The first-order chi connectivity index (χ1) is 14.4. The highest BCUT2D eigenvalue weighted by Gasteiger charge is 2.23. The van der Waals surface area contributed by atoms with Crippen molar-refractivity contribution >= 4 is 21.6 Å². The fourth-order valence-electron chi connectivity index (χ4n) is 3.13. The average Bonchev–Trinajstić information content (AvgIpc) is 2.74. The van der Waals surface area contributed by atoms with E-state index in [-0.39, 0.29) is 11.4 Å². The molecule has 0 unspecified atom stereocenters. The molecule has 0 radical (unpaired) electrons. The Morgan fingerprint density at radius 3 is 2.57 bits per heavy atom. The summed E-state index contributed by atoms with van der Waals surface area (Å²) in [5.41, 5.74) is 2.05. The van der Waals surface area contributed by atoms with Crippen LogP contribution in [0.15, 0.2) is 53.4 Å². The number of hydrogen-bond acceptors (Lipinski definition) is 6. The van der Waals surface area contributed by atoms with Gasteiger partial charge in [-0.15, -0.1) is 0 Å². The van der Waals surface area contributed by atoms with Crippen molar-refractivity contribution in [2.24, 2.45) is 0 Å². The molecular formula is C21H24N4O4S.